The Hall–Kier alpha value is -1.11. The first kappa shape index (κ1) is 14.9. The average molecular weight is 316 g/mol. The van der Waals surface area contributed by atoms with E-state index in [1.165, 1.54) is 0 Å². The van der Waals surface area contributed by atoms with Gasteiger partial charge in [0.15, 0.2) is 0 Å². The van der Waals surface area contributed by atoms with Crippen LogP contribution in [0.3, 0.4) is 0 Å². The first-order valence-electron chi connectivity index (χ1n) is 5.50. The highest BCUT2D eigenvalue weighted by Gasteiger charge is 2.16. The van der Waals surface area contributed by atoms with E-state index < -0.39 is 6.04 Å². The van der Waals surface area contributed by atoms with Crippen molar-refractivity contribution in [1.29, 1.82) is 0 Å². The van der Waals surface area contributed by atoms with Crippen LogP contribution in [0.5, 0.6) is 5.75 Å². The normalized spacial score (nSPS) is 12.3. The van der Waals surface area contributed by atoms with Gasteiger partial charge in [-0.1, -0.05) is 15.9 Å². The van der Waals surface area contributed by atoms with Gasteiger partial charge in [-0.2, -0.15) is 0 Å². The Labute approximate surface area is 115 Å². The maximum Gasteiger partial charge on any atom is 0.236 e. The Bertz CT molecular complexity index is 424. The number of nitrogens with two attached hydrogens (primary N) is 1. The molecule has 1 atom stereocenters. The molecule has 1 aromatic carbocycles. The smallest absolute Gasteiger partial charge is 0.236 e. The van der Waals surface area contributed by atoms with Crippen molar-refractivity contribution in [3.8, 4) is 5.75 Å². The Morgan fingerprint density at radius 1 is 1.56 bits per heavy atom. The van der Waals surface area contributed by atoms with E-state index in [0.29, 0.717) is 5.75 Å². The molecule has 18 heavy (non-hydrogen) atoms. The summed E-state index contributed by atoms with van der Waals surface area (Å²) in [5.41, 5.74) is 9.50. The van der Waals surface area contributed by atoms with Crippen LogP contribution >= 0.6 is 15.9 Å². The maximum absolute atomic E-state index is 11.6. The number of benzene rings is 1. The van der Waals surface area contributed by atoms with E-state index >= 15 is 0 Å². The molecule has 0 aliphatic rings. The molecule has 0 aromatic heterocycles. The lowest BCUT2D eigenvalue weighted by molar-refractivity contribution is -0.125. The molecule has 0 heterocycles. The van der Waals surface area contributed by atoms with Crippen molar-refractivity contribution in [1.82, 2.24) is 10.4 Å². The summed E-state index contributed by atoms with van der Waals surface area (Å²) in [6.07, 6.45) is 0.199. The minimum atomic E-state index is -0.405. The monoisotopic (exact) mass is 315 g/mol. The summed E-state index contributed by atoms with van der Waals surface area (Å²) >= 11 is 3.38. The number of amides is 1. The van der Waals surface area contributed by atoms with Gasteiger partial charge in [0.1, 0.15) is 5.75 Å². The quantitative estimate of drug-likeness (QED) is 0.807. The van der Waals surface area contributed by atoms with Gasteiger partial charge in [-0.3, -0.25) is 10.2 Å². The van der Waals surface area contributed by atoms with Crippen LogP contribution < -0.4 is 15.9 Å². The van der Waals surface area contributed by atoms with Gasteiger partial charge < -0.3 is 10.5 Å². The molecule has 100 valence electrons. The average Bonchev–Trinajstić information content (AvgIpc) is 2.27. The van der Waals surface area contributed by atoms with Crippen LogP contribution in [0.15, 0.2) is 22.7 Å². The van der Waals surface area contributed by atoms with Crippen molar-refractivity contribution < 1.29 is 9.53 Å². The van der Waals surface area contributed by atoms with Crippen LogP contribution in [0.1, 0.15) is 18.0 Å². The topological polar surface area (TPSA) is 67.6 Å². The fourth-order valence-corrected chi connectivity index (χ4v) is 1.98. The van der Waals surface area contributed by atoms with Gasteiger partial charge in [0.2, 0.25) is 5.91 Å². The number of methoxy groups -OCH3 is 1. The van der Waals surface area contributed by atoms with Crippen molar-refractivity contribution in [3.05, 3.63) is 28.2 Å². The highest BCUT2D eigenvalue weighted by molar-refractivity contribution is 9.10. The van der Waals surface area contributed by atoms with Gasteiger partial charge in [0, 0.05) is 36.6 Å². The second kappa shape index (κ2) is 6.72. The Morgan fingerprint density at radius 2 is 2.22 bits per heavy atom. The highest BCUT2D eigenvalue weighted by atomic mass is 79.9. The summed E-state index contributed by atoms with van der Waals surface area (Å²) in [7, 11) is 5.09. The lowest BCUT2D eigenvalue weighted by Gasteiger charge is -2.17. The van der Waals surface area contributed by atoms with Crippen LogP contribution in [0, 0.1) is 0 Å². The van der Waals surface area contributed by atoms with Crippen LogP contribution in [-0.4, -0.2) is 32.1 Å². The summed E-state index contributed by atoms with van der Waals surface area (Å²) in [6, 6.07) is 5.15. The molecule has 0 spiro atoms. The standard InChI is InChI=1S/C12H18BrN3O2/c1-16(2)15-12(17)7-10(14)9-6-8(13)4-5-11(9)18-3/h4-6,10H,7,14H2,1-3H3,(H,15,17). The number of hydrogen-bond acceptors (Lipinski definition) is 4. The van der Waals surface area contributed by atoms with Crippen LogP contribution in [0.2, 0.25) is 0 Å². The number of ether oxygens (including phenoxy) is 1. The lowest BCUT2D eigenvalue weighted by atomic mass is 10.0. The van der Waals surface area contributed by atoms with Crippen molar-refractivity contribution in [2.45, 2.75) is 12.5 Å². The SMILES string of the molecule is COc1ccc(Br)cc1C(N)CC(=O)NN(C)C. The van der Waals surface area contributed by atoms with Crippen LogP contribution in [-0.2, 0) is 4.79 Å². The summed E-state index contributed by atoms with van der Waals surface area (Å²) < 4.78 is 6.15. The van der Waals surface area contributed by atoms with E-state index in [2.05, 4.69) is 21.4 Å². The third-order valence-corrected chi connectivity index (χ3v) is 2.84. The largest absolute Gasteiger partial charge is 0.496 e. The number of nitrogens with one attached hydrogen (secondary N) is 1. The molecule has 1 aromatic rings. The first-order valence-corrected chi connectivity index (χ1v) is 6.29. The molecule has 1 amide bonds. The molecule has 1 unspecified atom stereocenters. The molecule has 6 heteroatoms. The number of carbonyl (C=O) groups excluding carboxylic acids is 1. The third-order valence-electron chi connectivity index (χ3n) is 2.34. The summed E-state index contributed by atoms with van der Waals surface area (Å²) in [4.78, 5) is 11.6. The molecule has 0 bridgehead atoms. The zero-order chi connectivity index (χ0) is 13.7. The van der Waals surface area contributed by atoms with Gasteiger partial charge in [-0.15, -0.1) is 0 Å². The minimum Gasteiger partial charge on any atom is -0.496 e. The molecule has 0 saturated heterocycles. The number of nitrogens with zero attached hydrogens (tertiary/aromatic N) is 1. The Kier molecular flexibility index (Phi) is 5.58. The van der Waals surface area contributed by atoms with Gasteiger partial charge in [0.05, 0.1) is 7.11 Å². The van der Waals surface area contributed by atoms with Crippen LogP contribution in [0.4, 0.5) is 0 Å². The number of carbonyl (C=O) groups is 1. The highest BCUT2D eigenvalue weighted by Crippen LogP contribution is 2.28. The van der Waals surface area contributed by atoms with Crippen molar-refractivity contribution in [2.24, 2.45) is 5.73 Å². The molecule has 1 rings (SSSR count). The molecule has 5 nitrogen and oxygen atoms in total. The fourth-order valence-electron chi connectivity index (χ4n) is 1.60. The van der Waals surface area contributed by atoms with Crippen molar-refractivity contribution in [3.63, 3.8) is 0 Å². The summed E-state index contributed by atoms with van der Waals surface area (Å²) in [5.74, 6) is 0.554. The zero-order valence-corrected chi connectivity index (χ0v) is 12.3. The van der Waals surface area contributed by atoms with Crippen molar-refractivity contribution in [2.75, 3.05) is 21.2 Å². The van der Waals surface area contributed by atoms with Crippen molar-refractivity contribution >= 4 is 21.8 Å². The van der Waals surface area contributed by atoms with Gasteiger partial charge in [0.25, 0.3) is 0 Å². The summed E-state index contributed by atoms with van der Waals surface area (Å²) in [6.45, 7) is 0. The molecular weight excluding hydrogens is 298 g/mol. The molecule has 0 saturated carbocycles. The molecule has 0 fully saturated rings. The second-order valence-corrected chi connectivity index (χ2v) is 5.04. The predicted molar refractivity (Wildman–Crippen MR) is 74.1 cm³/mol. The van der Waals surface area contributed by atoms with E-state index in [-0.39, 0.29) is 12.3 Å². The number of hydrazine groups is 1. The van der Waals surface area contributed by atoms with E-state index in [0.717, 1.165) is 10.0 Å². The third kappa shape index (κ3) is 4.29. The van der Waals surface area contributed by atoms with E-state index in [9.17, 15) is 4.79 Å². The molecule has 3 N–H and O–H groups in total. The van der Waals surface area contributed by atoms with Crippen LogP contribution in [0.25, 0.3) is 0 Å². The first-order chi connectivity index (χ1) is 8.43. The minimum absolute atomic E-state index is 0.130. The molecule has 0 radical (unpaired) electrons. The van der Waals surface area contributed by atoms with E-state index in [1.54, 1.807) is 26.2 Å². The fraction of sp³-hybridized carbons (Fsp3) is 0.417. The number of hydrogen-bond donors (Lipinski definition) is 2. The van der Waals surface area contributed by atoms with Gasteiger partial charge in [-0.25, -0.2) is 5.01 Å². The Morgan fingerprint density at radius 3 is 2.78 bits per heavy atom. The maximum atomic E-state index is 11.6. The van der Waals surface area contributed by atoms with E-state index in [1.807, 2.05) is 18.2 Å². The summed E-state index contributed by atoms with van der Waals surface area (Å²) in [5, 5.41) is 1.59. The Balaban J connectivity index is 2.80. The molecular formula is C12H18BrN3O2. The second-order valence-electron chi connectivity index (χ2n) is 4.13. The number of halogens is 1. The molecule has 0 aliphatic heterocycles. The van der Waals surface area contributed by atoms with E-state index in [4.69, 9.17) is 10.5 Å². The predicted octanol–water partition coefficient (Wildman–Crippen LogP) is 1.44. The van der Waals surface area contributed by atoms with Gasteiger partial charge in [-0.05, 0) is 18.2 Å². The number of rotatable bonds is 5. The lowest BCUT2D eigenvalue weighted by Crippen LogP contribution is -2.37. The molecule has 0 aliphatic carbocycles. The van der Waals surface area contributed by atoms with Gasteiger partial charge >= 0.3 is 0 Å². The zero-order valence-electron chi connectivity index (χ0n) is 10.7.